The number of benzene rings is 1. The molecule has 0 spiro atoms. The van der Waals surface area contributed by atoms with Gasteiger partial charge < -0.3 is 18.6 Å². The van der Waals surface area contributed by atoms with Gasteiger partial charge in [-0.1, -0.05) is 0 Å². The van der Waals surface area contributed by atoms with E-state index in [-0.39, 0.29) is 12.4 Å². The maximum atomic E-state index is 12.8. The highest BCUT2D eigenvalue weighted by atomic mass is 16.5. The van der Waals surface area contributed by atoms with Crippen molar-refractivity contribution >= 4 is 17.3 Å². The number of furan rings is 1. The molecular weight excluding hydrogens is 348 g/mol. The molecule has 142 valence electrons. The molecular formula is C21H22O6. The quantitative estimate of drug-likeness (QED) is 0.571. The molecule has 1 aliphatic rings. The summed E-state index contributed by atoms with van der Waals surface area (Å²) >= 11 is 0. The van der Waals surface area contributed by atoms with E-state index < -0.39 is 17.8 Å². The van der Waals surface area contributed by atoms with E-state index in [2.05, 4.69) is 0 Å². The molecule has 0 amide bonds. The number of carbonyl (C=O) groups excluding carboxylic acids is 2. The van der Waals surface area contributed by atoms with Crippen LogP contribution in [0.4, 0.5) is 0 Å². The lowest BCUT2D eigenvalue weighted by Crippen LogP contribution is -2.34. The molecule has 3 rings (SSSR count). The first-order valence-electron chi connectivity index (χ1n) is 8.75. The highest BCUT2D eigenvalue weighted by Crippen LogP contribution is 2.42. The predicted molar refractivity (Wildman–Crippen MR) is 98.7 cm³/mol. The van der Waals surface area contributed by atoms with Crippen LogP contribution >= 0.6 is 0 Å². The van der Waals surface area contributed by atoms with E-state index in [0.29, 0.717) is 23.7 Å². The standard InChI is InChI=1S/C21H22O6/c1-4-26-21(23)20-17(13-8-15(24-2)12-16(9-13)25-3)10-14(11-18(20)22)19-6-5-7-27-19/h5-9,11-12,17,20H,4,10H2,1-3H3/t17-,20+/m0/s1. The Balaban J connectivity index is 2.07. The third-order valence-electron chi connectivity index (χ3n) is 4.65. The zero-order chi connectivity index (χ0) is 19.4. The van der Waals surface area contributed by atoms with Crippen LogP contribution < -0.4 is 9.47 Å². The molecule has 0 radical (unpaired) electrons. The number of hydrogen-bond acceptors (Lipinski definition) is 6. The second-order valence-electron chi connectivity index (χ2n) is 6.24. The topological polar surface area (TPSA) is 75.0 Å². The van der Waals surface area contributed by atoms with Crippen LogP contribution in [-0.2, 0) is 14.3 Å². The van der Waals surface area contributed by atoms with Gasteiger partial charge >= 0.3 is 5.97 Å². The molecule has 0 fully saturated rings. The maximum absolute atomic E-state index is 12.8. The lowest BCUT2D eigenvalue weighted by atomic mass is 9.74. The van der Waals surface area contributed by atoms with E-state index in [4.69, 9.17) is 18.6 Å². The summed E-state index contributed by atoms with van der Waals surface area (Å²) in [5.74, 6) is -0.347. The zero-order valence-electron chi connectivity index (χ0n) is 15.6. The van der Waals surface area contributed by atoms with Crippen molar-refractivity contribution in [1.29, 1.82) is 0 Å². The van der Waals surface area contributed by atoms with Crippen LogP contribution in [-0.4, -0.2) is 32.6 Å². The molecule has 1 heterocycles. The molecule has 1 aliphatic carbocycles. The Morgan fingerprint density at radius 2 is 1.89 bits per heavy atom. The first-order valence-corrected chi connectivity index (χ1v) is 8.75. The van der Waals surface area contributed by atoms with Gasteiger partial charge in [0.2, 0.25) is 0 Å². The fourth-order valence-electron chi connectivity index (χ4n) is 3.37. The number of ether oxygens (including phenoxy) is 3. The van der Waals surface area contributed by atoms with E-state index in [1.807, 2.05) is 12.1 Å². The van der Waals surface area contributed by atoms with Crippen molar-refractivity contribution in [3.8, 4) is 11.5 Å². The van der Waals surface area contributed by atoms with Crippen LogP contribution in [0.1, 0.15) is 30.6 Å². The van der Waals surface area contributed by atoms with Gasteiger partial charge in [0.1, 0.15) is 23.2 Å². The molecule has 1 aromatic heterocycles. The summed E-state index contributed by atoms with van der Waals surface area (Å²) < 4.78 is 21.3. The van der Waals surface area contributed by atoms with Gasteiger partial charge in [-0.05, 0) is 54.8 Å². The van der Waals surface area contributed by atoms with Gasteiger partial charge in [0, 0.05) is 12.0 Å². The van der Waals surface area contributed by atoms with Crippen molar-refractivity contribution in [2.75, 3.05) is 20.8 Å². The SMILES string of the molecule is CCOC(=O)[C@H]1C(=O)C=C(c2ccco2)C[C@H]1c1cc(OC)cc(OC)c1. The Bertz CT molecular complexity index is 827. The molecule has 0 N–H and O–H groups in total. The number of carbonyl (C=O) groups is 2. The number of hydrogen-bond donors (Lipinski definition) is 0. The molecule has 0 saturated carbocycles. The van der Waals surface area contributed by atoms with Gasteiger partial charge in [-0.3, -0.25) is 9.59 Å². The van der Waals surface area contributed by atoms with Crippen molar-refractivity contribution in [3.05, 3.63) is 54.0 Å². The molecule has 1 aromatic carbocycles. The van der Waals surface area contributed by atoms with E-state index in [1.165, 1.54) is 6.08 Å². The van der Waals surface area contributed by atoms with Crippen LogP contribution in [0.25, 0.3) is 5.57 Å². The van der Waals surface area contributed by atoms with E-state index >= 15 is 0 Å². The summed E-state index contributed by atoms with van der Waals surface area (Å²) in [4.78, 5) is 25.4. The van der Waals surface area contributed by atoms with Crippen LogP contribution in [0.2, 0.25) is 0 Å². The van der Waals surface area contributed by atoms with Crippen LogP contribution in [0, 0.1) is 5.92 Å². The predicted octanol–water partition coefficient (Wildman–Crippen LogP) is 3.62. The Labute approximate surface area is 157 Å². The number of rotatable bonds is 6. The molecule has 27 heavy (non-hydrogen) atoms. The molecule has 0 saturated heterocycles. The van der Waals surface area contributed by atoms with Gasteiger partial charge in [-0.25, -0.2) is 0 Å². The maximum Gasteiger partial charge on any atom is 0.317 e. The first kappa shape index (κ1) is 18.8. The van der Waals surface area contributed by atoms with Gasteiger partial charge in [0.15, 0.2) is 5.78 Å². The summed E-state index contributed by atoms with van der Waals surface area (Å²) in [6.45, 7) is 1.93. The average Bonchev–Trinajstić information content (AvgIpc) is 3.21. The van der Waals surface area contributed by atoms with Gasteiger partial charge in [0.25, 0.3) is 0 Å². The monoisotopic (exact) mass is 370 g/mol. The molecule has 6 heteroatoms. The molecule has 0 aliphatic heterocycles. The van der Waals surface area contributed by atoms with E-state index in [9.17, 15) is 9.59 Å². The van der Waals surface area contributed by atoms with Crippen molar-refractivity contribution in [3.63, 3.8) is 0 Å². The fourth-order valence-corrected chi connectivity index (χ4v) is 3.37. The first-order chi connectivity index (χ1) is 13.1. The Morgan fingerprint density at radius 1 is 1.19 bits per heavy atom. The number of allylic oxidation sites excluding steroid dienone is 2. The van der Waals surface area contributed by atoms with E-state index in [1.54, 1.807) is 45.6 Å². The normalized spacial score (nSPS) is 19.4. The molecule has 0 bridgehead atoms. The summed E-state index contributed by atoms with van der Waals surface area (Å²) in [5, 5.41) is 0. The largest absolute Gasteiger partial charge is 0.497 e. The Morgan fingerprint density at radius 3 is 2.44 bits per heavy atom. The summed E-state index contributed by atoms with van der Waals surface area (Å²) in [6, 6.07) is 8.95. The Kier molecular flexibility index (Phi) is 5.64. The van der Waals surface area contributed by atoms with E-state index in [0.717, 1.165) is 11.1 Å². The molecule has 2 atom stereocenters. The summed E-state index contributed by atoms with van der Waals surface area (Å²) in [5.41, 5.74) is 1.52. The zero-order valence-corrected chi connectivity index (χ0v) is 15.6. The minimum absolute atomic E-state index is 0.214. The fraction of sp³-hybridized carbons (Fsp3) is 0.333. The third kappa shape index (κ3) is 3.89. The van der Waals surface area contributed by atoms with Crippen LogP contribution in [0.5, 0.6) is 11.5 Å². The molecule has 6 nitrogen and oxygen atoms in total. The van der Waals surface area contributed by atoms with Gasteiger partial charge in [-0.2, -0.15) is 0 Å². The van der Waals surface area contributed by atoms with Gasteiger partial charge in [-0.15, -0.1) is 0 Å². The highest BCUT2D eigenvalue weighted by Gasteiger charge is 2.40. The van der Waals surface area contributed by atoms with Crippen molar-refractivity contribution in [2.45, 2.75) is 19.3 Å². The minimum atomic E-state index is -0.916. The number of ketones is 1. The Hall–Kier alpha value is -3.02. The van der Waals surface area contributed by atoms with Gasteiger partial charge in [0.05, 0.1) is 27.1 Å². The number of methoxy groups -OCH3 is 2. The highest BCUT2D eigenvalue weighted by molar-refractivity contribution is 6.10. The van der Waals surface area contributed by atoms with Crippen molar-refractivity contribution in [1.82, 2.24) is 0 Å². The molecule has 2 aromatic rings. The lowest BCUT2D eigenvalue weighted by Gasteiger charge is -2.29. The average molecular weight is 370 g/mol. The third-order valence-corrected chi connectivity index (χ3v) is 4.65. The van der Waals surface area contributed by atoms with Crippen LogP contribution in [0.3, 0.4) is 0 Å². The number of esters is 1. The van der Waals surface area contributed by atoms with Crippen molar-refractivity contribution < 1.29 is 28.2 Å². The summed E-state index contributed by atoms with van der Waals surface area (Å²) in [7, 11) is 3.11. The second kappa shape index (κ2) is 8.12. The lowest BCUT2D eigenvalue weighted by molar-refractivity contribution is -0.151. The minimum Gasteiger partial charge on any atom is -0.497 e. The van der Waals surface area contributed by atoms with Crippen molar-refractivity contribution in [2.24, 2.45) is 5.92 Å². The second-order valence-corrected chi connectivity index (χ2v) is 6.24. The van der Waals surface area contributed by atoms with Crippen LogP contribution in [0.15, 0.2) is 47.1 Å². The summed E-state index contributed by atoms with van der Waals surface area (Å²) in [6.07, 6.45) is 3.50. The smallest absolute Gasteiger partial charge is 0.317 e. The molecule has 0 unspecified atom stereocenters.